The second-order valence-electron chi connectivity index (χ2n) is 5.37. The third kappa shape index (κ3) is 4.63. The number of anilines is 1. The van der Waals surface area contributed by atoms with Crippen LogP contribution in [0, 0.1) is 0 Å². The fourth-order valence-corrected chi connectivity index (χ4v) is 3.59. The summed E-state index contributed by atoms with van der Waals surface area (Å²) in [6, 6.07) is 14.4. The van der Waals surface area contributed by atoms with Gasteiger partial charge in [-0.05, 0) is 59.8 Å². The minimum atomic E-state index is -0.464. The van der Waals surface area contributed by atoms with Gasteiger partial charge in [0.1, 0.15) is 6.54 Å². The molecule has 0 unspecified atom stereocenters. The molecule has 1 aliphatic rings. The lowest BCUT2D eigenvalue weighted by atomic mass is 10.2. The molecule has 0 saturated carbocycles. The van der Waals surface area contributed by atoms with E-state index in [9.17, 15) is 14.4 Å². The van der Waals surface area contributed by atoms with Gasteiger partial charge in [0.05, 0.1) is 4.91 Å². The van der Waals surface area contributed by atoms with Crippen LogP contribution >= 0.6 is 43.6 Å². The number of hydrogen-bond acceptors (Lipinski definition) is 4. The summed E-state index contributed by atoms with van der Waals surface area (Å²) in [4.78, 5) is 37.9. The third-order valence-corrected chi connectivity index (χ3v) is 5.44. The van der Waals surface area contributed by atoms with Crippen LogP contribution in [0.2, 0.25) is 0 Å². The lowest BCUT2D eigenvalue weighted by Crippen LogP contribution is -2.36. The molecule has 8 heteroatoms. The van der Waals surface area contributed by atoms with Crippen molar-refractivity contribution >= 4 is 72.4 Å². The highest BCUT2D eigenvalue weighted by molar-refractivity contribution is 9.10. The number of imide groups is 1. The van der Waals surface area contributed by atoms with Crippen LogP contribution in [-0.4, -0.2) is 28.5 Å². The number of thioether (sulfide) groups is 1. The highest BCUT2D eigenvalue weighted by Gasteiger charge is 2.36. The van der Waals surface area contributed by atoms with Crippen LogP contribution in [0.1, 0.15) is 5.56 Å². The van der Waals surface area contributed by atoms with Crippen LogP contribution in [-0.2, 0) is 9.59 Å². The van der Waals surface area contributed by atoms with Gasteiger partial charge in [-0.1, -0.05) is 44.0 Å². The molecule has 0 atom stereocenters. The molecule has 1 heterocycles. The standard InChI is InChI=1S/C18H12Br2N2O3S/c19-12-3-1-11(2-4-12)9-15-17(24)22(18(25)26-15)10-16(23)21-14-7-5-13(20)6-8-14/h1-9H,10H2,(H,21,23)/b15-9+. The summed E-state index contributed by atoms with van der Waals surface area (Å²) in [6.45, 7) is -0.321. The van der Waals surface area contributed by atoms with E-state index in [1.165, 1.54) is 0 Å². The van der Waals surface area contributed by atoms with Gasteiger partial charge in [-0.2, -0.15) is 0 Å². The summed E-state index contributed by atoms with van der Waals surface area (Å²) in [6.07, 6.45) is 1.64. The smallest absolute Gasteiger partial charge is 0.294 e. The Kier molecular flexibility index (Phi) is 5.95. The van der Waals surface area contributed by atoms with Gasteiger partial charge < -0.3 is 5.32 Å². The summed E-state index contributed by atoms with van der Waals surface area (Å²) in [5.74, 6) is -0.895. The first kappa shape index (κ1) is 18.9. The van der Waals surface area contributed by atoms with Crippen molar-refractivity contribution in [2.24, 2.45) is 0 Å². The van der Waals surface area contributed by atoms with Crippen molar-refractivity contribution in [2.45, 2.75) is 0 Å². The summed E-state index contributed by atoms with van der Waals surface area (Å²) in [5.41, 5.74) is 1.40. The average Bonchev–Trinajstić information content (AvgIpc) is 2.86. The number of hydrogen-bond donors (Lipinski definition) is 1. The van der Waals surface area contributed by atoms with Gasteiger partial charge in [0, 0.05) is 14.6 Å². The van der Waals surface area contributed by atoms with Gasteiger partial charge in [-0.3, -0.25) is 19.3 Å². The monoisotopic (exact) mass is 494 g/mol. The minimum Gasteiger partial charge on any atom is -0.325 e. The maximum atomic E-state index is 12.4. The summed E-state index contributed by atoms with van der Waals surface area (Å²) in [5, 5.41) is 2.21. The molecular weight excluding hydrogens is 484 g/mol. The molecule has 132 valence electrons. The number of rotatable bonds is 4. The Balaban J connectivity index is 1.67. The molecule has 0 radical (unpaired) electrons. The first-order valence-electron chi connectivity index (χ1n) is 7.49. The van der Waals surface area contributed by atoms with Gasteiger partial charge in [0.25, 0.3) is 11.1 Å². The molecule has 3 amide bonds. The Labute approximate surface area is 171 Å². The predicted octanol–water partition coefficient (Wildman–Crippen LogP) is 4.89. The maximum Gasteiger partial charge on any atom is 0.294 e. The molecule has 1 aliphatic heterocycles. The Morgan fingerprint density at radius 2 is 1.58 bits per heavy atom. The van der Waals surface area contributed by atoms with Gasteiger partial charge in [0.15, 0.2) is 0 Å². The van der Waals surface area contributed by atoms with Crippen LogP contribution in [0.3, 0.4) is 0 Å². The molecule has 5 nitrogen and oxygen atoms in total. The molecule has 26 heavy (non-hydrogen) atoms. The number of benzene rings is 2. The molecule has 1 N–H and O–H groups in total. The number of carbonyl (C=O) groups is 3. The number of carbonyl (C=O) groups excluding carboxylic acids is 3. The molecule has 3 rings (SSSR count). The quantitative estimate of drug-likeness (QED) is 0.613. The lowest BCUT2D eigenvalue weighted by molar-refractivity contribution is -0.127. The van der Waals surface area contributed by atoms with Crippen molar-refractivity contribution in [1.29, 1.82) is 0 Å². The molecule has 0 aromatic heterocycles. The van der Waals surface area contributed by atoms with Gasteiger partial charge in [-0.15, -0.1) is 0 Å². The fraction of sp³-hybridized carbons (Fsp3) is 0.0556. The summed E-state index contributed by atoms with van der Waals surface area (Å²) >= 11 is 7.49. The Bertz CT molecular complexity index is 896. The second-order valence-corrected chi connectivity index (χ2v) is 8.20. The molecule has 0 spiro atoms. The van der Waals surface area contributed by atoms with E-state index >= 15 is 0 Å². The first-order valence-corrected chi connectivity index (χ1v) is 9.89. The molecule has 2 aromatic carbocycles. The Morgan fingerprint density at radius 1 is 1.00 bits per heavy atom. The SMILES string of the molecule is O=C(CN1C(=O)S/C(=C/c2ccc(Br)cc2)C1=O)Nc1ccc(Br)cc1. The van der Waals surface area contributed by atoms with E-state index in [-0.39, 0.29) is 6.54 Å². The van der Waals surface area contributed by atoms with Crippen LogP contribution in [0.4, 0.5) is 10.5 Å². The highest BCUT2D eigenvalue weighted by atomic mass is 79.9. The predicted molar refractivity (Wildman–Crippen MR) is 110 cm³/mol. The summed E-state index contributed by atoms with van der Waals surface area (Å²) < 4.78 is 1.81. The Hall–Kier alpha value is -1.90. The zero-order valence-corrected chi connectivity index (χ0v) is 17.2. The highest BCUT2D eigenvalue weighted by Crippen LogP contribution is 2.32. The molecular formula is C18H12Br2N2O3S. The number of nitrogens with zero attached hydrogens (tertiary/aromatic N) is 1. The topological polar surface area (TPSA) is 66.5 Å². The maximum absolute atomic E-state index is 12.4. The number of nitrogens with one attached hydrogen (secondary N) is 1. The van der Waals surface area contributed by atoms with E-state index in [1.807, 2.05) is 24.3 Å². The minimum absolute atomic E-state index is 0.300. The first-order chi connectivity index (χ1) is 12.4. The average molecular weight is 496 g/mol. The van der Waals surface area contributed by atoms with E-state index in [1.54, 1.807) is 30.3 Å². The van der Waals surface area contributed by atoms with E-state index in [0.29, 0.717) is 10.6 Å². The largest absolute Gasteiger partial charge is 0.325 e. The van der Waals surface area contributed by atoms with Crippen LogP contribution < -0.4 is 5.32 Å². The summed E-state index contributed by atoms with van der Waals surface area (Å²) in [7, 11) is 0. The second kappa shape index (κ2) is 8.20. The Morgan fingerprint density at radius 3 is 2.19 bits per heavy atom. The third-order valence-electron chi connectivity index (χ3n) is 3.47. The van der Waals surface area contributed by atoms with Crippen LogP contribution in [0.15, 0.2) is 62.4 Å². The van der Waals surface area contributed by atoms with E-state index in [0.717, 1.165) is 31.2 Å². The molecule has 2 aromatic rings. The van der Waals surface area contributed by atoms with Crippen molar-refractivity contribution < 1.29 is 14.4 Å². The molecule has 1 saturated heterocycles. The van der Waals surface area contributed by atoms with Crippen molar-refractivity contribution in [3.05, 3.63) is 67.9 Å². The number of amides is 3. The zero-order chi connectivity index (χ0) is 18.7. The number of halogens is 2. The molecule has 0 aliphatic carbocycles. The van der Waals surface area contributed by atoms with Crippen LogP contribution in [0.5, 0.6) is 0 Å². The van der Waals surface area contributed by atoms with Crippen LogP contribution in [0.25, 0.3) is 6.08 Å². The van der Waals surface area contributed by atoms with E-state index in [2.05, 4.69) is 37.2 Å². The van der Waals surface area contributed by atoms with Crippen molar-refractivity contribution in [3.8, 4) is 0 Å². The lowest BCUT2D eigenvalue weighted by Gasteiger charge is -2.12. The van der Waals surface area contributed by atoms with Gasteiger partial charge >= 0.3 is 0 Å². The normalized spacial score (nSPS) is 15.6. The van der Waals surface area contributed by atoms with Crippen molar-refractivity contribution in [1.82, 2.24) is 4.90 Å². The molecule has 0 bridgehead atoms. The van der Waals surface area contributed by atoms with E-state index < -0.39 is 17.1 Å². The fourth-order valence-electron chi connectivity index (χ4n) is 2.22. The van der Waals surface area contributed by atoms with Crippen molar-refractivity contribution in [3.63, 3.8) is 0 Å². The van der Waals surface area contributed by atoms with Gasteiger partial charge in [0.2, 0.25) is 5.91 Å². The zero-order valence-electron chi connectivity index (χ0n) is 13.2. The van der Waals surface area contributed by atoms with Crippen molar-refractivity contribution in [2.75, 3.05) is 11.9 Å². The van der Waals surface area contributed by atoms with Gasteiger partial charge in [-0.25, -0.2) is 0 Å². The van der Waals surface area contributed by atoms with E-state index in [4.69, 9.17) is 0 Å². The molecule has 1 fully saturated rings.